The van der Waals surface area contributed by atoms with Gasteiger partial charge in [0.15, 0.2) is 0 Å². The predicted octanol–water partition coefficient (Wildman–Crippen LogP) is 0.638. The molecule has 0 saturated carbocycles. The third-order valence-electron chi connectivity index (χ3n) is 0.755. The molecule has 0 aromatic rings. The Labute approximate surface area is 66.9 Å². The Morgan fingerprint density at radius 2 is 2.09 bits per heavy atom. The van der Waals surface area contributed by atoms with E-state index in [-0.39, 0.29) is 12.4 Å². The highest BCUT2D eigenvalue weighted by Gasteiger charge is 2.14. The average Bonchev–Trinajstić information content (AvgIpc) is 1.79. The molecule has 0 heterocycles. The fourth-order valence-electron chi connectivity index (χ4n) is 0.501. The molecule has 3 nitrogen and oxygen atoms in total. The molecule has 0 aliphatic carbocycles. The van der Waals surface area contributed by atoms with Gasteiger partial charge in [0, 0.05) is 6.04 Å². The quantitative estimate of drug-likeness (QED) is 0.343. The number of carbonyl (C=O) groups is 1. The molecule has 0 saturated heterocycles. The standard InChI is InChI=1S/C8H13NO2/c1-8(2,3)11-7(10)5-4-6-9/h5,9H2,1-3H3. The molecule has 0 aliphatic rings. The van der Waals surface area contributed by atoms with Crippen molar-refractivity contribution in [3.63, 3.8) is 0 Å². The Bertz CT molecular complexity index is 192. The molecule has 3 heteroatoms. The first kappa shape index (κ1) is 9.83. The lowest BCUT2D eigenvalue weighted by Gasteiger charge is -2.18. The molecule has 62 valence electrons. The van der Waals surface area contributed by atoms with E-state index in [0.29, 0.717) is 0 Å². The van der Waals surface area contributed by atoms with Crippen LogP contribution < -0.4 is 5.73 Å². The van der Waals surface area contributed by atoms with Gasteiger partial charge in [0.05, 0.1) is 0 Å². The highest BCUT2D eigenvalue weighted by atomic mass is 16.6. The van der Waals surface area contributed by atoms with Crippen LogP contribution in [0.15, 0.2) is 0 Å². The van der Waals surface area contributed by atoms with E-state index in [9.17, 15) is 4.79 Å². The molecule has 0 radical (unpaired) electrons. The van der Waals surface area contributed by atoms with Crippen LogP contribution in [0.4, 0.5) is 0 Å². The summed E-state index contributed by atoms with van der Waals surface area (Å²) in [4.78, 5) is 10.8. The molecule has 0 unspecified atom stereocenters. The minimum atomic E-state index is -0.437. The number of hydrogen-bond donors (Lipinski definition) is 1. The topological polar surface area (TPSA) is 52.3 Å². The summed E-state index contributed by atoms with van der Waals surface area (Å²) in [5.74, 6) is 2.09. The van der Waals surface area contributed by atoms with Gasteiger partial charge in [-0.15, -0.1) is 0 Å². The summed E-state index contributed by atoms with van der Waals surface area (Å²) >= 11 is 0. The molecule has 0 atom stereocenters. The number of carbonyl (C=O) groups excluding carboxylic acids is 1. The molecular formula is C8H13NO2. The van der Waals surface area contributed by atoms with Gasteiger partial charge in [0.25, 0.3) is 0 Å². The lowest BCUT2D eigenvalue weighted by atomic mass is 10.2. The van der Waals surface area contributed by atoms with Gasteiger partial charge in [-0.1, -0.05) is 5.92 Å². The maximum atomic E-state index is 10.8. The first-order valence-electron chi connectivity index (χ1n) is 3.36. The molecule has 2 N–H and O–H groups in total. The summed E-state index contributed by atoms with van der Waals surface area (Å²) in [6.07, 6.45) is 0.0633. The second kappa shape index (κ2) is 3.87. The van der Waals surface area contributed by atoms with Crippen LogP contribution in [-0.2, 0) is 9.53 Å². The van der Waals surface area contributed by atoms with Gasteiger partial charge in [-0.2, -0.15) is 0 Å². The summed E-state index contributed by atoms with van der Waals surface area (Å²) in [7, 11) is 0. The Morgan fingerprint density at radius 1 is 1.55 bits per heavy atom. The van der Waals surface area contributed by atoms with Crippen molar-refractivity contribution < 1.29 is 9.53 Å². The predicted molar refractivity (Wildman–Crippen MR) is 42.4 cm³/mol. The third-order valence-corrected chi connectivity index (χ3v) is 0.755. The number of ether oxygens (including phenoxy) is 1. The van der Waals surface area contributed by atoms with E-state index in [0.717, 1.165) is 0 Å². The Balaban J connectivity index is 3.77. The second-order valence-corrected chi connectivity index (χ2v) is 3.08. The molecule has 0 fully saturated rings. The van der Waals surface area contributed by atoms with Crippen molar-refractivity contribution in [1.82, 2.24) is 0 Å². The van der Waals surface area contributed by atoms with E-state index in [1.807, 2.05) is 0 Å². The minimum Gasteiger partial charge on any atom is -0.459 e. The second-order valence-electron chi connectivity index (χ2n) is 3.08. The maximum absolute atomic E-state index is 10.8. The molecule has 0 amide bonds. The smallest absolute Gasteiger partial charge is 0.318 e. The van der Waals surface area contributed by atoms with Crippen LogP contribution in [0.5, 0.6) is 0 Å². The number of esters is 1. The molecule has 0 aliphatic heterocycles. The van der Waals surface area contributed by atoms with Crippen molar-refractivity contribution in [3.8, 4) is 12.0 Å². The molecule has 0 aromatic carbocycles. The summed E-state index contributed by atoms with van der Waals surface area (Å²) < 4.78 is 4.94. The van der Waals surface area contributed by atoms with Crippen molar-refractivity contribution in [3.05, 3.63) is 0 Å². The molecule has 0 aromatic heterocycles. The van der Waals surface area contributed by atoms with E-state index in [2.05, 4.69) is 12.0 Å². The number of hydrogen-bond acceptors (Lipinski definition) is 3. The molecule has 0 spiro atoms. The molecular weight excluding hydrogens is 142 g/mol. The normalized spacial score (nSPS) is 9.73. The first-order chi connectivity index (χ1) is 4.95. The fraction of sp³-hybridized carbons (Fsp3) is 0.625. The van der Waals surface area contributed by atoms with Crippen LogP contribution in [-0.4, -0.2) is 11.6 Å². The summed E-state index contributed by atoms with van der Waals surface area (Å²) in [6, 6.07) is 2.13. The highest BCUT2D eigenvalue weighted by molar-refractivity contribution is 5.72. The van der Waals surface area contributed by atoms with Crippen molar-refractivity contribution in [1.29, 1.82) is 0 Å². The molecule has 11 heavy (non-hydrogen) atoms. The van der Waals surface area contributed by atoms with E-state index in [1.165, 1.54) is 0 Å². The van der Waals surface area contributed by atoms with Crippen LogP contribution in [0.25, 0.3) is 0 Å². The maximum Gasteiger partial charge on any atom is 0.318 e. The van der Waals surface area contributed by atoms with Crippen molar-refractivity contribution in [2.75, 3.05) is 0 Å². The zero-order valence-corrected chi connectivity index (χ0v) is 7.10. The van der Waals surface area contributed by atoms with Gasteiger partial charge in [0.2, 0.25) is 0 Å². The lowest BCUT2D eigenvalue weighted by molar-refractivity contribution is -0.153. The number of nitrogens with two attached hydrogens (primary N) is 1. The first-order valence-corrected chi connectivity index (χ1v) is 3.36. The van der Waals surface area contributed by atoms with Gasteiger partial charge >= 0.3 is 5.97 Å². The SMILES string of the molecule is CC(C)(C)OC(=O)CC#CN. The lowest BCUT2D eigenvalue weighted by Crippen LogP contribution is -2.23. The summed E-state index contributed by atoms with van der Waals surface area (Å²) in [6.45, 7) is 5.42. The van der Waals surface area contributed by atoms with Gasteiger partial charge in [-0.05, 0) is 20.8 Å². The Kier molecular flexibility index (Phi) is 3.46. The van der Waals surface area contributed by atoms with Crippen molar-refractivity contribution in [2.45, 2.75) is 32.8 Å². The van der Waals surface area contributed by atoms with Crippen LogP contribution in [0.3, 0.4) is 0 Å². The van der Waals surface area contributed by atoms with Crippen LogP contribution in [0.2, 0.25) is 0 Å². The van der Waals surface area contributed by atoms with Gasteiger partial charge in [-0.25, -0.2) is 0 Å². The zero-order chi connectivity index (χ0) is 8.91. The average molecular weight is 155 g/mol. The largest absolute Gasteiger partial charge is 0.459 e. The van der Waals surface area contributed by atoms with E-state index in [4.69, 9.17) is 10.5 Å². The summed E-state index contributed by atoms with van der Waals surface area (Å²) in [5, 5.41) is 0. The van der Waals surface area contributed by atoms with E-state index >= 15 is 0 Å². The van der Waals surface area contributed by atoms with E-state index < -0.39 is 5.60 Å². The number of rotatable bonds is 1. The van der Waals surface area contributed by atoms with Crippen molar-refractivity contribution >= 4 is 5.97 Å². The molecule has 0 bridgehead atoms. The minimum absolute atomic E-state index is 0.0633. The van der Waals surface area contributed by atoms with Gasteiger partial charge in [-0.3, -0.25) is 4.79 Å². The summed E-state index contributed by atoms with van der Waals surface area (Å²) in [5.41, 5.74) is 4.43. The monoisotopic (exact) mass is 155 g/mol. The van der Waals surface area contributed by atoms with E-state index in [1.54, 1.807) is 20.8 Å². The highest BCUT2D eigenvalue weighted by Crippen LogP contribution is 2.07. The Morgan fingerprint density at radius 3 is 2.45 bits per heavy atom. The zero-order valence-electron chi connectivity index (χ0n) is 7.10. The third kappa shape index (κ3) is 6.72. The van der Waals surface area contributed by atoms with Crippen LogP contribution in [0.1, 0.15) is 27.2 Å². The van der Waals surface area contributed by atoms with Gasteiger partial charge < -0.3 is 10.5 Å². The fourth-order valence-corrected chi connectivity index (χ4v) is 0.501. The van der Waals surface area contributed by atoms with Crippen molar-refractivity contribution in [2.24, 2.45) is 5.73 Å². The van der Waals surface area contributed by atoms with Crippen LogP contribution in [0, 0.1) is 12.0 Å². The Hall–Kier alpha value is -1.17. The van der Waals surface area contributed by atoms with Crippen LogP contribution >= 0.6 is 0 Å². The van der Waals surface area contributed by atoms with Gasteiger partial charge in [0.1, 0.15) is 12.0 Å². The molecule has 0 rings (SSSR count).